The van der Waals surface area contributed by atoms with Crippen LogP contribution < -0.4 is 0 Å². The molecular formula is C9H12O3. The van der Waals surface area contributed by atoms with Crippen molar-refractivity contribution in [2.45, 2.75) is 26.4 Å². The number of hydrogen-bond donors (Lipinski definition) is 0. The molecule has 0 amide bonds. The molecule has 0 aliphatic heterocycles. The fourth-order valence-electron chi connectivity index (χ4n) is 0.861. The van der Waals surface area contributed by atoms with Crippen LogP contribution in [0.2, 0.25) is 0 Å². The van der Waals surface area contributed by atoms with Gasteiger partial charge in [0.05, 0.1) is 6.26 Å². The van der Waals surface area contributed by atoms with Gasteiger partial charge in [-0.1, -0.05) is 6.92 Å². The molecule has 1 aromatic rings. The van der Waals surface area contributed by atoms with Crippen LogP contribution in [-0.2, 0) is 9.53 Å². The van der Waals surface area contributed by atoms with Gasteiger partial charge in [-0.15, -0.1) is 0 Å². The average Bonchev–Trinajstić information content (AvgIpc) is 2.56. The molecule has 1 aromatic heterocycles. The average molecular weight is 168 g/mol. The molecule has 66 valence electrons. The first-order chi connectivity index (χ1) is 5.74. The van der Waals surface area contributed by atoms with E-state index in [0.29, 0.717) is 12.2 Å². The highest BCUT2D eigenvalue weighted by Crippen LogP contribution is 2.16. The molecule has 0 bridgehead atoms. The fraction of sp³-hybridized carbons (Fsp3) is 0.444. The summed E-state index contributed by atoms with van der Waals surface area (Å²) < 4.78 is 10.1. The molecule has 0 aromatic carbocycles. The van der Waals surface area contributed by atoms with Crippen LogP contribution in [0.4, 0.5) is 0 Å². The number of furan rings is 1. The Morgan fingerprint density at radius 1 is 1.75 bits per heavy atom. The van der Waals surface area contributed by atoms with E-state index < -0.39 is 0 Å². The van der Waals surface area contributed by atoms with Gasteiger partial charge in [0.1, 0.15) is 5.76 Å². The third-order valence-corrected chi connectivity index (χ3v) is 1.54. The highest BCUT2D eigenvalue weighted by molar-refractivity contribution is 5.69. The highest BCUT2D eigenvalue weighted by Gasteiger charge is 2.11. The summed E-state index contributed by atoms with van der Waals surface area (Å²) in [6.07, 6.45) is 1.67. The third kappa shape index (κ3) is 2.12. The van der Waals surface area contributed by atoms with Gasteiger partial charge in [0.15, 0.2) is 6.10 Å². The molecule has 0 spiro atoms. The normalized spacial score (nSPS) is 12.5. The lowest BCUT2D eigenvalue weighted by molar-refractivity contribution is -0.149. The Kier molecular flexibility index (Phi) is 2.91. The molecule has 3 heteroatoms. The van der Waals surface area contributed by atoms with Gasteiger partial charge in [-0.3, -0.25) is 4.79 Å². The summed E-state index contributed by atoms with van der Waals surface area (Å²) in [6, 6.07) is 3.55. The molecule has 1 atom stereocenters. The van der Waals surface area contributed by atoms with Gasteiger partial charge in [0, 0.05) is 6.42 Å². The Hall–Kier alpha value is -1.25. The predicted octanol–water partition coefficient (Wildman–Crippen LogP) is 2.29. The Balaban J connectivity index is 2.49. The molecule has 1 heterocycles. The molecule has 0 saturated carbocycles. The van der Waals surface area contributed by atoms with E-state index in [1.54, 1.807) is 32.2 Å². The van der Waals surface area contributed by atoms with Crippen LogP contribution in [0, 0.1) is 0 Å². The zero-order valence-electron chi connectivity index (χ0n) is 7.24. The van der Waals surface area contributed by atoms with E-state index in [4.69, 9.17) is 9.15 Å². The van der Waals surface area contributed by atoms with Crippen molar-refractivity contribution in [1.29, 1.82) is 0 Å². The van der Waals surface area contributed by atoms with Gasteiger partial charge in [-0.25, -0.2) is 0 Å². The highest BCUT2D eigenvalue weighted by atomic mass is 16.5. The van der Waals surface area contributed by atoms with E-state index in [9.17, 15) is 4.79 Å². The maximum atomic E-state index is 10.9. The van der Waals surface area contributed by atoms with Crippen LogP contribution in [0.3, 0.4) is 0 Å². The Morgan fingerprint density at radius 2 is 2.50 bits per heavy atom. The first-order valence-corrected chi connectivity index (χ1v) is 3.97. The summed E-state index contributed by atoms with van der Waals surface area (Å²) >= 11 is 0. The second-order valence-corrected chi connectivity index (χ2v) is 2.50. The molecule has 0 radical (unpaired) electrons. The lowest BCUT2D eigenvalue weighted by atomic mass is 10.3. The molecular weight excluding hydrogens is 156 g/mol. The lowest BCUT2D eigenvalue weighted by Gasteiger charge is -2.08. The first-order valence-electron chi connectivity index (χ1n) is 3.97. The van der Waals surface area contributed by atoms with Gasteiger partial charge < -0.3 is 9.15 Å². The topological polar surface area (TPSA) is 39.4 Å². The van der Waals surface area contributed by atoms with E-state index in [2.05, 4.69) is 0 Å². The summed E-state index contributed by atoms with van der Waals surface area (Å²) in [5, 5.41) is 0. The summed E-state index contributed by atoms with van der Waals surface area (Å²) in [6.45, 7) is 3.55. The maximum absolute atomic E-state index is 10.9. The van der Waals surface area contributed by atoms with Crippen LogP contribution in [-0.4, -0.2) is 5.97 Å². The number of esters is 1. The quantitative estimate of drug-likeness (QED) is 0.650. The number of carbonyl (C=O) groups excluding carboxylic acids is 1. The van der Waals surface area contributed by atoms with E-state index in [0.717, 1.165) is 0 Å². The number of rotatable bonds is 3. The molecule has 0 fully saturated rings. The Morgan fingerprint density at radius 3 is 3.00 bits per heavy atom. The van der Waals surface area contributed by atoms with Crippen molar-refractivity contribution in [3.05, 3.63) is 24.2 Å². The maximum Gasteiger partial charge on any atom is 0.306 e. The Bertz CT molecular complexity index is 238. The van der Waals surface area contributed by atoms with Gasteiger partial charge in [0.25, 0.3) is 0 Å². The van der Waals surface area contributed by atoms with E-state index in [-0.39, 0.29) is 12.1 Å². The second kappa shape index (κ2) is 3.95. The molecule has 0 aliphatic rings. The summed E-state index contributed by atoms with van der Waals surface area (Å²) in [7, 11) is 0. The van der Waals surface area contributed by atoms with Crippen LogP contribution in [0.25, 0.3) is 0 Å². The third-order valence-electron chi connectivity index (χ3n) is 1.54. The summed E-state index contributed by atoms with van der Waals surface area (Å²) in [4.78, 5) is 10.9. The smallest absolute Gasteiger partial charge is 0.306 e. The molecule has 12 heavy (non-hydrogen) atoms. The van der Waals surface area contributed by atoms with Crippen molar-refractivity contribution in [3.63, 3.8) is 0 Å². The standard InChI is InChI=1S/C9H12O3/c1-3-9(10)12-7(2)8-5-4-6-11-8/h4-7H,3H2,1-2H3. The summed E-state index contributed by atoms with van der Waals surface area (Å²) in [5.41, 5.74) is 0. The van der Waals surface area contributed by atoms with Crippen molar-refractivity contribution >= 4 is 5.97 Å². The van der Waals surface area contributed by atoms with Crippen LogP contribution >= 0.6 is 0 Å². The molecule has 3 nitrogen and oxygen atoms in total. The minimum Gasteiger partial charge on any atom is -0.465 e. The molecule has 1 rings (SSSR count). The monoisotopic (exact) mass is 168 g/mol. The van der Waals surface area contributed by atoms with Gasteiger partial charge in [0.2, 0.25) is 0 Å². The van der Waals surface area contributed by atoms with Crippen molar-refractivity contribution in [3.8, 4) is 0 Å². The van der Waals surface area contributed by atoms with Crippen LogP contribution in [0.1, 0.15) is 32.1 Å². The van der Waals surface area contributed by atoms with Gasteiger partial charge in [-0.2, -0.15) is 0 Å². The largest absolute Gasteiger partial charge is 0.465 e. The van der Waals surface area contributed by atoms with Gasteiger partial charge >= 0.3 is 5.97 Å². The fourth-order valence-corrected chi connectivity index (χ4v) is 0.861. The minimum absolute atomic E-state index is 0.209. The molecule has 0 N–H and O–H groups in total. The van der Waals surface area contributed by atoms with Crippen molar-refractivity contribution in [2.75, 3.05) is 0 Å². The SMILES string of the molecule is CCC(=O)OC(C)c1ccco1. The van der Waals surface area contributed by atoms with E-state index >= 15 is 0 Å². The molecule has 0 aliphatic carbocycles. The predicted molar refractivity (Wildman–Crippen MR) is 43.5 cm³/mol. The second-order valence-electron chi connectivity index (χ2n) is 2.50. The van der Waals surface area contributed by atoms with Crippen molar-refractivity contribution < 1.29 is 13.9 Å². The van der Waals surface area contributed by atoms with Crippen LogP contribution in [0.15, 0.2) is 22.8 Å². The molecule has 0 saturated heterocycles. The van der Waals surface area contributed by atoms with E-state index in [1.807, 2.05) is 0 Å². The molecule has 1 unspecified atom stereocenters. The number of carbonyl (C=O) groups is 1. The number of hydrogen-bond acceptors (Lipinski definition) is 3. The summed E-state index contributed by atoms with van der Waals surface area (Å²) in [5.74, 6) is 0.468. The van der Waals surface area contributed by atoms with Crippen molar-refractivity contribution in [2.24, 2.45) is 0 Å². The Labute approximate surface area is 71.3 Å². The lowest BCUT2D eigenvalue weighted by Crippen LogP contribution is -2.06. The van der Waals surface area contributed by atoms with Crippen LogP contribution in [0.5, 0.6) is 0 Å². The van der Waals surface area contributed by atoms with Gasteiger partial charge in [-0.05, 0) is 19.1 Å². The van der Waals surface area contributed by atoms with Crippen molar-refractivity contribution in [1.82, 2.24) is 0 Å². The zero-order valence-corrected chi connectivity index (χ0v) is 7.24. The minimum atomic E-state index is -0.285. The zero-order chi connectivity index (χ0) is 8.97. The first kappa shape index (κ1) is 8.84. The number of ether oxygens (including phenoxy) is 1. The van der Waals surface area contributed by atoms with E-state index in [1.165, 1.54) is 0 Å².